The number of carboxylic acid groups (broad SMARTS) is 1. The minimum absolute atomic E-state index is 0.237. The van der Waals surface area contributed by atoms with Gasteiger partial charge in [-0.2, -0.15) is 0 Å². The first-order valence-electron chi connectivity index (χ1n) is 6.46. The minimum Gasteiger partial charge on any atom is -0.475 e. The molecule has 0 saturated carbocycles. The molecule has 7 heteroatoms. The second kappa shape index (κ2) is 7.37. The molecule has 1 aromatic heterocycles. The highest BCUT2D eigenvalue weighted by Crippen LogP contribution is 2.06. The van der Waals surface area contributed by atoms with E-state index in [0.29, 0.717) is 18.5 Å². The lowest BCUT2D eigenvalue weighted by Gasteiger charge is -2.19. The number of rotatable bonds is 5. The van der Waals surface area contributed by atoms with Crippen molar-refractivity contribution in [3.05, 3.63) is 29.9 Å². The number of carbonyl (C=O) groups excluding carboxylic acids is 1. The Morgan fingerprint density at radius 3 is 2.48 bits per heavy atom. The van der Waals surface area contributed by atoms with Crippen LogP contribution in [0.3, 0.4) is 0 Å². The first-order chi connectivity index (χ1) is 9.78. The molecule has 1 heterocycles. The maximum absolute atomic E-state index is 11.4. The molecule has 0 bridgehead atoms. The predicted octanol–water partition coefficient (Wildman–Crippen LogP) is 2.10. The van der Waals surface area contributed by atoms with Crippen LogP contribution in [0.2, 0.25) is 0 Å². The van der Waals surface area contributed by atoms with Gasteiger partial charge in [0, 0.05) is 24.5 Å². The topological polar surface area (TPSA) is 101 Å². The van der Waals surface area contributed by atoms with Crippen molar-refractivity contribution in [3.63, 3.8) is 0 Å². The summed E-state index contributed by atoms with van der Waals surface area (Å²) in [4.78, 5) is 29.3. The second-order valence-corrected chi connectivity index (χ2v) is 5.26. The molecule has 2 N–H and O–H groups in total. The number of aromatic carboxylic acids is 1. The first kappa shape index (κ1) is 16.6. The lowest BCUT2D eigenvalue weighted by Crippen LogP contribution is -2.32. The molecule has 0 spiro atoms. The molecule has 0 radical (unpaired) electrons. The number of hydrogen-bond donors (Lipinski definition) is 2. The monoisotopic (exact) mass is 293 g/mol. The molecule has 0 unspecified atom stereocenters. The average Bonchev–Trinajstić information content (AvgIpc) is 2.36. The number of hydrogen-bond acceptors (Lipinski definition) is 5. The van der Waals surface area contributed by atoms with Gasteiger partial charge in [-0.15, -0.1) is 0 Å². The summed E-state index contributed by atoms with van der Waals surface area (Å²) in [7, 11) is 0. The van der Waals surface area contributed by atoms with Crippen LogP contribution in [0.5, 0.6) is 0 Å². The number of aromatic nitrogens is 2. The van der Waals surface area contributed by atoms with Crippen LogP contribution >= 0.6 is 0 Å². The van der Waals surface area contributed by atoms with Crippen molar-refractivity contribution in [1.82, 2.24) is 15.3 Å². The van der Waals surface area contributed by atoms with E-state index in [2.05, 4.69) is 15.3 Å². The maximum Gasteiger partial charge on any atom is 0.407 e. The summed E-state index contributed by atoms with van der Waals surface area (Å²) in [5, 5.41) is 11.3. The summed E-state index contributed by atoms with van der Waals surface area (Å²) < 4.78 is 5.09. The Hall–Kier alpha value is -2.44. The number of nitrogens with zero attached hydrogens (tertiary/aromatic N) is 2. The smallest absolute Gasteiger partial charge is 0.407 e. The van der Waals surface area contributed by atoms with Gasteiger partial charge in [0.25, 0.3) is 0 Å². The third-order valence-corrected chi connectivity index (χ3v) is 2.15. The Bertz CT molecular complexity index is 518. The standard InChI is InChI=1S/C14H19N3O4/c1-14(2,3)21-13(20)15-7-5-4-6-10-8-16-11(12(18)19)17-9-10/h4,6,8-9H,5,7H2,1-3H3,(H,15,20)(H,18,19). The quantitative estimate of drug-likeness (QED) is 0.806. The molecule has 1 rings (SSSR count). The van der Waals surface area contributed by atoms with E-state index in [-0.39, 0.29) is 5.82 Å². The number of carbonyl (C=O) groups is 2. The Balaban J connectivity index is 2.32. The molecule has 0 atom stereocenters. The average molecular weight is 293 g/mol. The number of carboxylic acids is 1. The molecule has 0 fully saturated rings. The van der Waals surface area contributed by atoms with Crippen LogP contribution in [0.25, 0.3) is 6.08 Å². The maximum atomic E-state index is 11.4. The Labute approximate surface area is 123 Å². The van der Waals surface area contributed by atoms with E-state index in [9.17, 15) is 9.59 Å². The predicted molar refractivity (Wildman–Crippen MR) is 76.9 cm³/mol. The van der Waals surface area contributed by atoms with Gasteiger partial charge in [0.2, 0.25) is 5.82 Å². The van der Waals surface area contributed by atoms with E-state index in [1.807, 2.05) is 6.08 Å². The molecule has 21 heavy (non-hydrogen) atoms. The molecule has 0 aliphatic heterocycles. The Morgan fingerprint density at radius 1 is 1.33 bits per heavy atom. The summed E-state index contributed by atoms with van der Waals surface area (Å²) >= 11 is 0. The van der Waals surface area contributed by atoms with Crippen LogP contribution in [0, 0.1) is 0 Å². The van der Waals surface area contributed by atoms with Crippen LogP contribution in [-0.2, 0) is 4.74 Å². The van der Waals surface area contributed by atoms with Gasteiger partial charge in [0.05, 0.1) is 0 Å². The number of amides is 1. The van der Waals surface area contributed by atoms with Gasteiger partial charge < -0.3 is 15.2 Å². The van der Waals surface area contributed by atoms with Crippen molar-refractivity contribution >= 4 is 18.1 Å². The van der Waals surface area contributed by atoms with Gasteiger partial charge in [-0.05, 0) is 27.2 Å². The zero-order valence-electron chi connectivity index (χ0n) is 12.3. The van der Waals surface area contributed by atoms with E-state index in [1.165, 1.54) is 12.4 Å². The molecule has 7 nitrogen and oxygen atoms in total. The number of nitrogens with one attached hydrogen (secondary N) is 1. The van der Waals surface area contributed by atoms with Crippen LogP contribution < -0.4 is 5.32 Å². The number of alkyl carbamates (subject to hydrolysis) is 1. The molecule has 1 aromatic rings. The van der Waals surface area contributed by atoms with E-state index < -0.39 is 17.7 Å². The molecular weight excluding hydrogens is 274 g/mol. The summed E-state index contributed by atoms with van der Waals surface area (Å²) in [5.41, 5.74) is 0.181. The SMILES string of the molecule is CC(C)(C)OC(=O)NCCC=Cc1cnc(C(=O)O)nc1. The van der Waals surface area contributed by atoms with Gasteiger partial charge >= 0.3 is 12.1 Å². The van der Waals surface area contributed by atoms with Crippen molar-refractivity contribution in [2.75, 3.05) is 6.54 Å². The van der Waals surface area contributed by atoms with Crippen molar-refractivity contribution in [2.24, 2.45) is 0 Å². The fraction of sp³-hybridized carbons (Fsp3) is 0.429. The molecular formula is C14H19N3O4. The fourth-order valence-corrected chi connectivity index (χ4v) is 1.33. The van der Waals surface area contributed by atoms with E-state index in [0.717, 1.165) is 0 Å². The van der Waals surface area contributed by atoms with Gasteiger partial charge in [-0.1, -0.05) is 12.2 Å². The summed E-state index contributed by atoms with van der Waals surface area (Å²) in [6.45, 7) is 5.84. The lowest BCUT2D eigenvalue weighted by molar-refractivity contribution is 0.0528. The normalized spacial score (nSPS) is 11.4. The minimum atomic E-state index is -1.16. The van der Waals surface area contributed by atoms with Gasteiger partial charge in [0.1, 0.15) is 5.60 Å². The van der Waals surface area contributed by atoms with Crippen molar-refractivity contribution < 1.29 is 19.4 Å². The van der Waals surface area contributed by atoms with Gasteiger partial charge in [-0.25, -0.2) is 19.6 Å². The van der Waals surface area contributed by atoms with Crippen LogP contribution in [0.4, 0.5) is 4.79 Å². The fourth-order valence-electron chi connectivity index (χ4n) is 1.33. The van der Waals surface area contributed by atoms with E-state index in [1.54, 1.807) is 26.8 Å². The van der Waals surface area contributed by atoms with Crippen LogP contribution in [0.1, 0.15) is 43.4 Å². The number of ether oxygens (including phenoxy) is 1. The Morgan fingerprint density at radius 2 is 1.95 bits per heavy atom. The zero-order valence-corrected chi connectivity index (χ0v) is 12.3. The summed E-state index contributed by atoms with van der Waals surface area (Å²) in [6.07, 6.45) is 6.59. The largest absolute Gasteiger partial charge is 0.475 e. The molecule has 0 saturated heterocycles. The van der Waals surface area contributed by atoms with E-state index in [4.69, 9.17) is 9.84 Å². The summed E-state index contributed by atoms with van der Waals surface area (Å²) in [5.74, 6) is -1.40. The molecule has 0 aliphatic rings. The third-order valence-electron chi connectivity index (χ3n) is 2.15. The third kappa shape index (κ3) is 7.05. The molecule has 1 amide bonds. The van der Waals surface area contributed by atoms with Crippen LogP contribution in [-0.4, -0.2) is 39.3 Å². The van der Waals surface area contributed by atoms with Crippen molar-refractivity contribution in [1.29, 1.82) is 0 Å². The highest BCUT2D eigenvalue weighted by atomic mass is 16.6. The lowest BCUT2D eigenvalue weighted by atomic mass is 10.2. The van der Waals surface area contributed by atoms with Crippen molar-refractivity contribution in [2.45, 2.75) is 32.8 Å². The molecule has 114 valence electrons. The van der Waals surface area contributed by atoms with Gasteiger partial charge in [0.15, 0.2) is 0 Å². The van der Waals surface area contributed by atoms with Gasteiger partial charge in [-0.3, -0.25) is 0 Å². The highest BCUT2D eigenvalue weighted by Gasteiger charge is 2.15. The highest BCUT2D eigenvalue weighted by molar-refractivity contribution is 5.83. The van der Waals surface area contributed by atoms with Crippen molar-refractivity contribution in [3.8, 4) is 0 Å². The molecule has 0 aliphatic carbocycles. The zero-order chi connectivity index (χ0) is 15.9. The van der Waals surface area contributed by atoms with Crippen LogP contribution in [0.15, 0.2) is 18.5 Å². The summed E-state index contributed by atoms with van der Waals surface area (Å²) in [6, 6.07) is 0. The Kier molecular flexibility index (Phi) is 5.83. The molecule has 0 aromatic carbocycles. The second-order valence-electron chi connectivity index (χ2n) is 5.26. The van der Waals surface area contributed by atoms with E-state index >= 15 is 0 Å². The first-order valence-corrected chi connectivity index (χ1v) is 6.46.